The number of rotatable bonds is 4. The van der Waals surface area contributed by atoms with E-state index in [2.05, 4.69) is 0 Å². The summed E-state index contributed by atoms with van der Waals surface area (Å²) in [5, 5.41) is 1.99. The number of nitrogens with zero attached hydrogens (tertiary/aromatic N) is 1. The van der Waals surface area contributed by atoms with E-state index >= 15 is 0 Å². The molecule has 0 spiro atoms. The Balaban J connectivity index is 1.62. The fraction of sp³-hybridized carbons (Fsp3) is 0.292. The molecule has 1 atom stereocenters. The smallest absolute Gasteiger partial charge is 0.258 e. The second-order valence-corrected chi connectivity index (χ2v) is 8.37. The van der Waals surface area contributed by atoms with E-state index in [1.165, 1.54) is 6.07 Å². The van der Waals surface area contributed by atoms with Crippen molar-refractivity contribution >= 4 is 28.4 Å². The molecule has 1 aliphatic heterocycles. The summed E-state index contributed by atoms with van der Waals surface area (Å²) in [6.07, 6.45) is 0.728. The lowest BCUT2D eigenvalue weighted by molar-refractivity contribution is 0.0764. The number of hydrogen-bond acceptors (Lipinski definition) is 3. The van der Waals surface area contributed by atoms with Gasteiger partial charge in [-0.1, -0.05) is 48.5 Å². The van der Waals surface area contributed by atoms with Crippen molar-refractivity contribution in [1.82, 2.24) is 4.90 Å². The van der Waals surface area contributed by atoms with E-state index in [-0.39, 0.29) is 17.0 Å². The molecule has 0 radical (unpaired) electrons. The lowest BCUT2D eigenvalue weighted by Crippen LogP contribution is -2.33. The maximum absolute atomic E-state index is 14.2. The van der Waals surface area contributed by atoms with Crippen molar-refractivity contribution in [2.75, 3.05) is 25.4 Å². The highest BCUT2D eigenvalue weighted by Gasteiger charge is 2.27. The average molecular weight is 410 g/mol. The minimum absolute atomic E-state index is 0.0139. The number of ether oxygens (including phenoxy) is 1. The quantitative estimate of drug-likeness (QED) is 0.554. The van der Waals surface area contributed by atoms with Crippen LogP contribution in [0.1, 0.15) is 34.5 Å². The van der Waals surface area contributed by atoms with Gasteiger partial charge in [0.1, 0.15) is 11.6 Å². The van der Waals surface area contributed by atoms with Crippen LogP contribution in [0, 0.1) is 5.82 Å². The molecular formula is C24H24FNO2S. The number of carbonyl (C=O) groups is 1. The van der Waals surface area contributed by atoms with E-state index in [1.54, 1.807) is 17.8 Å². The third-order valence-electron chi connectivity index (χ3n) is 5.29. The summed E-state index contributed by atoms with van der Waals surface area (Å²) in [5.41, 5.74) is 1.35. The number of halogens is 1. The van der Waals surface area contributed by atoms with Crippen molar-refractivity contribution in [3.8, 4) is 5.75 Å². The summed E-state index contributed by atoms with van der Waals surface area (Å²) in [4.78, 5) is 15.4. The Labute approximate surface area is 174 Å². The van der Waals surface area contributed by atoms with Gasteiger partial charge in [-0.05, 0) is 36.2 Å². The maximum Gasteiger partial charge on any atom is 0.258 e. The third kappa shape index (κ3) is 4.10. The van der Waals surface area contributed by atoms with Crippen LogP contribution in [0.4, 0.5) is 4.39 Å². The Bertz CT molecular complexity index is 1020. The molecule has 5 heteroatoms. The maximum atomic E-state index is 14.2. The van der Waals surface area contributed by atoms with Crippen molar-refractivity contribution in [1.29, 1.82) is 0 Å². The molecule has 1 unspecified atom stereocenters. The van der Waals surface area contributed by atoms with Gasteiger partial charge in [0, 0.05) is 29.7 Å². The van der Waals surface area contributed by atoms with Gasteiger partial charge in [-0.2, -0.15) is 11.8 Å². The fourth-order valence-corrected chi connectivity index (χ4v) is 5.12. The van der Waals surface area contributed by atoms with E-state index in [9.17, 15) is 9.18 Å². The molecule has 1 saturated heterocycles. The first-order valence-electron chi connectivity index (χ1n) is 9.99. The molecule has 0 bridgehead atoms. The largest absolute Gasteiger partial charge is 0.493 e. The van der Waals surface area contributed by atoms with E-state index in [4.69, 9.17) is 4.74 Å². The zero-order valence-electron chi connectivity index (χ0n) is 16.4. The second kappa shape index (κ2) is 8.87. The standard InChI is InChI=1S/C24H24FNO2S/c1-2-28-21-12-11-17-7-3-4-8-18(17)23(21)24(27)26-14-13-22(29-16-15-26)19-9-5-6-10-20(19)25/h3-12,22H,2,13-16H2,1H3. The Morgan fingerprint density at radius 1 is 1.10 bits per heavy atom. The third-order valence-corrected chi connectivity index (χ3v) is 6.60. The normalized spacial score (nSPS) is 17.2. The predicted molar refractivity (Wildman–Crippen MR) is 117 cm³/mol. The van der Waals surface area contributed by atoms with Crippen LogP contribution in [-0.2, 0) is 0 Å². The number of thioether (sulfide) groups is 1. The number of hydrogen-bond donors (Lipinski definition) is 0. The first-order chi connectivity index (χ1) is 14.2. The molecule has 1 amide bonds. The van der Waals surface area contributed by atoms with Gasteiger partial charge in [-0.3, -0.25) is 4.79 Å². The summed E-state index contributed by atoms with van der Waals surface area (Å²) >= 11 is 1.72. The van der Waals surface area contributed by atoms with Crippen molar-refractivity contribution in [2.45, 2.75) is 18.6 Å². The zero-order chi connectivity index (χ0) is 20.2. The number of fused-ring (bicyclic) bond motifs is 1. The summed E-state index contributed by atoms with van der Waals surface area (Å²) in [5.74, 6) is 1.22. The Morgan fingerprint density at radius 2 is 1.90 bits per heavy atom. The van der Waals surface area contributed by atoms with Crippen LogP contribution < -0.4 is 4.74 Å². The molecule has 150 valence electrons. The minimum atomic E-state index is -0.169. The fourth-order valence-electron chi connectivity index (χ4n) is 3.86. The van der Waals surface area contributed by atoms with E-state index in [0.717, 1.165) is 28.5 Å². The molecule has 0 saturated carbocycles. The van der Waals surface area contributed by atoms with Crippen LogP contribution in [0.3, 0.4) is 0 Å². The van der Waals surface area contributed by atoms with Crippen LogP contribution in [0.25, 0.3) is 10.8 Å². The molecule has 4 rings (SSSR count). The second-order valence-electron chi connectivity index (χ2n) is 7.05. The Morgan fingerprint density at radius 3 is 2.72 bits per heavy atom. The lowest BCUT2D eigenvalue weighted by atomic mass is 10.0. The van der Waals surface area contributed by atoms with Gasteiger partial charge in [-0.15, -0.1) is 0 Å². The van der Waals surface area contributed by atoms with Crippen LogP contribution in [-0.4, -0.2) is 36.3 Å². The molecule has 3 nitrogen and oxygen atoms in total. The van der Waals surface area contributed by atoms with Gasteiger partial charge in [0.15, 0.2) is 0 Å². The van der Waals surface area contributed by atoms with Crippen molar-refractivity contribution in [3.63, 3.8) is 0 Å². The molecule has 1 heterocycles. The molecule has 1 fully saturated rings. The van der Waals surface area contributed by atoms with Crippen molar-refractivity contribution in [2.24, 2.45) is 0 Å². The van der Waals surface area contributed by atoms with Gasteiger partial charge >= 0.3 is 0 Å². The summed E-state index contributed by atoms with van der Waals surface area (Å²) in [6, 6.07) is 18.7. The van der Waals surface area contributed by atoms with Crippen LogP contribution in [0.5, 0.6) is 5.75 Å². The van der Waals surface area contributed by atoms with Crippen LogP contribution >= 0.6 is 11.8 Å². The highest BCUT2D eigenvalue weighted by Crippen LogP contribution is 2.37. The van der Waals surface area contributed by atoms with E-state index in [0.29, 0.717) is 31.0 Å². The lowest BCUT2D eigenvalue weighted by Gasteiger charge is -2.23. The summed E-state index contributed by atoms with van der Waals surface area (Å²) < 4.78 is 20.0. The predicted octanol–water partition coefficient (Wildman–Crippen LogP) is 5.70. The molecule has 0 aromatic heterocycles. The highest BCUT2D eigenvalue weighted by molar-refractivity contribution is 7.99. The Kier molecular flexibility index (Phi) is 6.05. The summed E-state index contributed by atoms with van der Waals surface area (Å²) in [7, 11) is 0. The molecular weight excluding hydrogens is 385 g/mol. The highest BCUT2D eigenvalue weighted by atomic mass is 32.2. The molecule has 3 aromatic carbocycles. The molecule has 3 aromatic rings. The van der Waals surface area contributed by atoms with Gasteiger partial charge < -0.3 is 9.64 Å². The molecule has 0 aliphatic carbocycles. The number of amides is 1. The van der Waals surface area contributed by atoms with E-state index < -0.39 is 0 Å². The zero-order valence-corrected chi connectivity index (χ0v) is 17.3. The van der Waals surface area contributed by atoms with Crippen molar-refractivity contribution < 1.29 is 13.9 Å². The van der Waals surface area contributed by atoms with E-state index in [1.807, 2.05) is 60.4 Å². The van der Waals surface area contributed by atoms with Gasteiger partial charge in [0.25, 0.3) is 5.91 Å². The Hall–Kier alpha value is -2.53. The number of benzene rings is 3. The first kappa shape index (κ1) is 19.8. The minimum Gasteiger partial charge on any atom is -0.493 e. The molecule has 1 aliphatic rings. The molecule has 29 heavy (non-hydrogen) atoms. The summed E-state index contributed by atoms with van der Waals surface area (Å²) in [6.45, 7) is 3.66. The van der Waals surface area contributed by atoms with Gasteiger partial charge in [0.2, 0.25) is 0 Å². The van der Waals surface area contributed by atoms with Gasteiger partial charge in [-0.25, -0.2) is 4.39 Å². The topological polar surface area (TPSA) is 29.5 Å². The first-order valence-corrected chi connectivity index (χ1v) is 11.0. The monoisotopic (exact) mass is 409 g/mol. The average Bonchev–Trinajstić information content (AvgIpc) is 3.00. The van der Waals surface area contributed by atoms with Crippen molar-refractivity contribution in [3.05, 3.63) is 77.6 Å². The SMILES string of the molecule is CCOc1ccc2ccccc2c1C(=O)N1CCSC(c2ccccc2F)CC1. The van der Waals surface area contributed by atoms with Crippen LogP contribution in [0.15, 0.2) is 60.7 Å². The van der Waals surface area contributed by atoms with Gasteiger partial charge in [0.05, 0.1) is 12.2 Å². The number of carbonyl (C=O) groups excluding carboxylic acids is 1. The molecule has 0 N–H and O–H groups in total. The van der Waals surface area contributed by atoms with Crippen LogP contribution in [0.2, 0.25) is 0 Å².